The van der Waals surface area contributed by atoms with E-state index in [9.17, 15) is 14.4 Å². The monoisotopic (exact) mass is 342 g/mol. The van der Waals surface area contributed by atoms with Gasteiger partial charge in [0, 0.05) is 63.7 Å². The van der Waals surface area contributed by atoms with Gasteiger partial charge >= 0.3 is 0 Å². The summed E-state index contributed by atoms with van der Waals surface area (Å²) in [5.41, 5.74) is -0.114. The molecule has 1 atom stereocenters. The van der Waals surface area contributed by atoms with Crippen molar-refractivity contribution in [1.29, 1.82) is 0 Å². The van der Waals surface area contributed by atoms with E-state index < -0.39 is 0 Å². The summed E-state index contributed by atoms with van der Waals surface area (Å²) < 4.78 is 3.24. The van der Waals surface area contributed by atoms with Gasteiger partial charge in [0.2, 0.25) is 11.7 Å². The number of imidazole rings is 1. The summed E-state index contributed by atoms with van der Waals surface area (Å²) in [5, 5.41) is 0. The minimum Gasteiger partial charge on any atom is -0.342 e. The summed E-state index contributed by atoms with van der Waals surface area (Å²) in [6.45, 7) is 1.44. The van der Waals surface area contributed by atoms with Crippen LogP contribution < -0.4 is 5.56 Å². The molecule has 0 saturated carbocycles. The van der Waals surface area contributed by atoms with Gasteiger partial charge in [0.05, 0.1) is 0 Å². The Morgan fingerprint density at radius 3 is 2.84 bits per heavy atom. The van der Waals surface area contributed by atoms with Crippen molar-refractivity contribution in [3.05, 3.63) is 53.0 Å². The maximum Gasteiger partial charge on any atom is 0.250 e. The van der Waals surface area contributed by atoms with Crippen molar-refractivity contribution >= 4 is 11.7 Å². The Hall–Kier alpha value is -2.70. The summed E-state index contributed by atoms with van der Waals surface area (Å²) >= 11 is 0. The Labute approximate surface area is 145 Å². The summed E-state index contributed by atoms with van der Waals surface area (Å²) in [6, 6.07) is 4.93. The number of Topliss-reactive ketones (excluding diaryl/α,β-unsaturated/α-hetero) is 1. The number of pyridine rings is 1. The zero-order valence-electron chi connectivity index (χ0n) is 14.3. The number of carbonyl (C=O) groups is 2. The molecule has 0 aliphatic carbocycles. The van der Waals surface area contributed by atoms with Crippen LogP contribution in [0.3, 0.4) is 0 Å². The summed E-state index contributed by atoms with van der Waals surface area (Å²) in [5.74, 6) is 0.200. The second kappa shape index (κ2) is 7.46. The first kappa shape index (κ1) is 17.1. The summed E-state index contributed by atoms with van der Waals surface area (Å²) in [6.07, 6.45) is 6.87. The molecular formula is C18H22N4O3. The second-order valence-electron chi connectivity index (χ2n) is 6.39. The maximum atomic E-state index is 12.6. The number of piperidine rings is 1. The van der Waals surface area contributed by atoms with Crippen molar-refractivity contribution in [2.75, 3.05) is 13.1 Å². The van der Waals surface area contributed by atoms with Gasteiger partial charge in [-0.25, -0.2) is 4.98 Å². The molecule has 1 amide bonds. The summed E-state index contributed by atoms with van der Waals surface area (Å²) in [4.78, 5) is 42.6. The number of likely N-dealkylation sites (tertiary alicyclic amines) is 1. The van der Waals surface area contributed by atoms with E-state index in [4.69, 9.17) is 0 Å². The van der Waals surface area contributed by atoms with Crippen LogP contribution in [0.1, 0.15) is 29.9 Å². The Morgan fingerprint density at radius 2 is 2.12 bits per heavy atom. The van der Waals surface area contributed by atoms with Gasteiger partial charge in [-0.2, -0.15) is 0 Å². The first-order chi connectivity index (χ1) is 12.1. The molecule has 132 valence electrons. The first-order valence-corrected chi connectivity index (χ1v) is 8.51. The minimum absolute atomic E-state index is 0.00993. The fraction of sp³-hybridized carbons (Fsp3) is 0.444. The Morgan fingerprint density at radius 1 is 1.28 bits per heavy atom. The number of carbonyl (C=O) groups excluding carboxylic acids is 2. The molecule has 0 N–H and O–H groups in total. The number of aryl methyl sites for hydroxylation is 2. The zero-order chi connectivity index (χ0) is 17.8. The fourth-order valence-corrected chi connectivity index (χ4v) is 3.22. The predicted molar refractivity (Wildman–Crippen MR) is 92.2 cm³/mol. The van der Waals surface area contributed by atoms with Crippen LogP contribution in [0.5, 0.6) is 0 Å². The number of ketones is 1. The van der Waals surface area contributed by atoms with Crippen molar-refractivity contribution in [3.8, 4) is 0 Å². The van der Waals surface area contributed by atoms with Gasteiger partial charge in [-0.3, -0.25) is 14.4 Å². The molecule has 7 nitrogen and oxygen atoms in total. The largest absolute Gasteiger partial charge is 0.342 e. The highest BCUT2D eigenvalue weighted by molar-refractivity contribution is 5.95. The van der Waals surface area contributed by atoms with Crippen LogP contribution >= 0.6 is 0 Å². The number of hydrogen-bond donors (Lipinski definition) is 0. The third kappa shape index (κ3) is 3.87. The van der Waals surface area contributed by atoms with Crippen molar-refractivity contribution in [2.45, 2.75) is 25.8 Å². The highest BCUT2D eigenvalue weighted by Gasteiger charge is 2.30. The topological polar surface area (TPSA) is 77.2 Å². The molecule has 1 saturated heterocycles. The van der Waals surface area contributed by atoms with Crippen molar-refractivity contribution in [1.82, 2.24) is 19.0 Å². The molecule has 1 fully saturated rings. The van der Waals surface area contributed by atoms with Gasteiger partial charge in [-0.15, -0.1) is 0 Å². The third-order valence-electron chi connectivity index (χ3n) is 4.65. The molecule has 0 radical (unpaired) electrons. The van der Waals surface area contributed by atoms with Crippen LogP contribution in [0.4, 0.5) is 0 Å². The van der Waals surface area contributed by atoms with E-state index in [1.54, 1.807) is 47.2 Å². The minimum atomic E-state index is -0.210. The molecule has 25 heavy (non-hydrogen) atoms. The molecule has 0 unspecified atom stereocenters. The van der Waals surface area contributed by atoms with Crippen LogP contribution in [0.2, 0.25) is 0 Å². The van der Waals surface area contributed by atoms with E-state index in [2.05, 4.69) is 4.98 Å². The number of aromatic nitrogens is 3. The average Bonchev–Trinajstić information content (AvgIpc) is 3.06. The van der Waals surface area contributed by atoms with Gasteiger partial charge in [0.25, 0.3) is 5.56 Å². The second-order valence-corrected chi connectivity index (χ2v) is 6.39. The average molecular weight is 342 g/mol. The normalized spacial score (nSPS) is 17.5. The molecule has 3 rings (SSSR count). The SMILES string of the molecule is Cn1ccnc1C(=O)[C@@H]1CCCN(C(=O)CCn2ccccc2=O)C1. The van der Waals surface area contributed by atoms with E-state index in [0.29, 0.717) is 25.5 Å². The third-order valence-corrected chi connectivity index (χ3v) is 4.65. The predicted octanol–water partition coefficient (Wildman–Crippen LogP) is 1.09. The van der Waals surface area contributed by atoms with Crippen LogP contribution in [-0.4, -0.2) is 43.8 Å². The summed E-state index contributed by atoms with van der Waals surface area (Å²) in [7, 11) is 1.80. The molecular weight excluding hydrogens is 320 g/mol. The lowest BCUT2D eigenvalue weighted by Gasteiger charge is -2.32. The number of hydrogen-bond acceptors (Lipinski definition) is 4. The van der Waals surface area contributed by atoms with E-state index in [-0.39, 0.29) is 29.6 Å². The zero-order valence-corrected chi connectivity index (χ0v) is 14.3. The number of rotatable bonds is 5. The Bertz CT molecular complexity index is 823. The lowest BCUT2D eigenvalue weighted by Crippen LogP contribution is -2.43. The van der Waals surface area contributed by atoms with Crippen LogP contribution in [-0.2, 0) is 18.4 Å². The molecule has 0 spiro atoms. The fourth-order valence-electron chi connectivity index (χ4n) is 3.22. The van der Waals surface area contributed by atoms with Crippen LogP contribution in [0.25, 0.3) is 0 Å². The molecule has 0 bridgehead atoms. The molecule has 3 heterocycles. The van der Waals surface area contributed by atoms with E-state index in [1.807, 2.05) is 0 Å². The molecule has 2 aromatic heterocycles. The van der Waals surface area contributed by atoms with Gasteiger partial charge in [-0.05, 0) is 18.9 Å². The number of nitrogens with zero attached hydrogens (tertiary/aromatic N) is 4. The number of amides is 1. The Kier molecular flexibility index (Phi) is 5.11. The Balaban J connectivity index is 1.60. The lowest BCUT2D eigenvalue weighted by molar-refractivity contribution is -0.132. The van der Waals surface area contributed by atoms with Crippen molar-refractivity contribution < 1.29 is 9.59 Å². The molecule has 0 aromatic carbocycles. The molecule has 7 heteroatoms. The van der Waals surface area contributed by atoms with E-state index >= 15 is 0 Å². The highest BCUT2D eigenvalue weighted by atomic mass is 16.2. The van der Waals surface area contributed by atoms with Crippen molar-refractivity contribution in [2.24, 2.45) is 13.0 Å². The van der Waals surface area contributed by atoms with Gasteiger partial charge in [0.15, 0.2) is 5.82 Å². The quantitative estimate of drug-likeness (QED) is 0.762. The van der Waals surface area contributed by atoms with Gasteiger partial charge < -0.3 is 14.0 Å². The van der Waals surface area contributed by atoms with Crippen LogP contribution in [0.15, 0.2) is 41.6 Å². The van der Waals surface area contributed by atoms with Crippen molar-refractivity contribution in [3.63, 3.8) is 0 Å². The smallest absolute Gasteiger partial charge is 0.250 e. The molecule has 1 aliphatic heterocycles. The van der Waals surface area contributed by atoms with Gasteiger partial charge in [0.1, 0.15) is 0 Å². The maximum absolute atomic E-state index is 12.6. The first-order valence-electron chi connectivity index (χ1n) is 8.51. The highest BCUT2D eigenvalue weighted by Crippen LogP contribution is 2.21. The van der Waals surface area contributed by atoms with E-state index in [1.165, 1.54) is 10.6 Å². The molecule has 2 aromatic rings. The van der Waals surface area contributed by atoms with Gasteiger partial charge in [-0.1, -0.05) is 6.07 Å². The van der Waals surface area contributed by atoms with Crippen LogP contribution in [0, 0.1) is 5.92 Å². The lowest BCUT2D eigenvalue weighted by atomic mass is 9.93. The molecule has 1 aliphatic rings. The van der Waals surface area contributed by atoms with E-state index in [0.717, 1.165) is 12.8 Å². The standard InChI is InChI=1S/C18H22N4O3/c1-20-12-8-19-18(20)17(25)14-5-4-10-22(13-14)16(24)7-11-21-9-3-2-6-15(21)23/h2-3,6,8-9,12,14H,4-5,7,10-11,13H2,1H3/t14-/m1/s1.